The minimum Gasteiger partial charge on any atom is -0.380 e. The van der Waals surface area contributed by atoms with Crippen molar-refractivity contribution in [3.63, 3.8) is 0 Å². The predicted octanol–water partition coefficient (Wildman–Crippen LogP) is 3.56. The number of benzodiazepines with no additional fused rings is 1. The molecule has 124 valence electrons. The second-order valence-electron chi connectivity index (χ2n) is 5.43. The van der Waals surface area contributed by atoms with Gasteiger partial charge in [0.05, 0.1) is 18.0 Å². The zero-order valence-electron chi connectivity index (χ0n) is 13.5. The van der Waals surface area contributed by atoms with E-state index in [0.29, 0.717) is 24.8 Å². The van der Waals surface area contributed by atoms with E-state index in [0.717, 1.165) is 22.5 Å². The lowest BCUT2D eigenvalue weighted by Crippen LogP contribution is -2.35. The Morgan fingerprint density at radius 3 is 2.75 bits per heavy atom. The third kappa shape index (κ3) is 3.50. The first-order chi connectivity index (χ1) is 11.7. The van der Waals surface area contributed by atoms with Gasteiger partial charge in [0.1, 0.15) is 6.54 Å². The summed E-state index contributed by atoms with van der Waals surface area (Å²) in [6.07, 6.45) is 0. The maximum atomic E-state index is 12.6. The summed E-state index contributed by atoms with van der Waals surface area (Å²) in [6, 6.07) is 15.4. The van der Waals surface area contributed by atoms with E-state index in [2.05, 4.69) is 4.99 Å². The number of carbonyl (C=O) groups excluding carboxylic acids is 1. The predicted molar refractivity (Wildman–Crippen MR) is 97.2 cm³/mol. The number of anilines is 1. The van der Waals surface area contributed by atoms with Gasteiger partial charge in [0.15, 0.2) is 0 Å². The molecule has 1 amide bonds. The number of rotatable bonds is 5. The van der Waals surface area contributed by atoms with Crippen molar-refractivity contribution in [2.45, 2.75) is 6.92 Å². The molecule has 5 heteroatoms. The summed E-state index contributed by atoms with van der Waals surface area (Å²) in [5.74, 6) is -0.0378. The van der Waals surface area contributed by atoms with Gasteiger partial charge in [-0.3, -0.25) is 9.79 Å². The monoisotopic (exact) mass is 342 g/mol. The minimum atomic E-state index is -0.0378. The van der Waals surface area contributed by atoms with Crippen LogP contribution in [0.25, 0.3) is 0 Å². The van der Waals surface area contributed by atoms with E-state index in [4.69, 9.17) is 16.3 Å². The van der Waals surface area contributed by atoms with Crippen LogP contribution < -0.4 is 4.90 Å². The third-order valence-corrected chi connectivity index (χ3v) is 4.12. The van der Waals surface area contributed by atoms with Crippen molar-refractivity contribution in [2.24, 2.45) is 4.99 Å². The number of hydrogen-bond donors (Lipinski definition) is 0. The van der Waals surface area contributed by atoms with Gasteiger partial charge in [-0.15, -0.1) is 0 Å². The number of ether oxygens (including phenoxy) is 1. The largest absolute Gasteiger partial charge is 0.380 e. The van der Waals surface area contributed by atoms with Crippen molar-refractivity contribution in [3.8, 4) is 0 Å². The molecule has 1 aliphatic heterocycles. The first kappa shape index (κ1) is 16.7. The maximum absolute atomic E-state index is 12.6. The molecule has 4 nitrogen and oxygen atoms in total. The van der Waals surface area contributed by atoms with Crippen LogP contribution in [0.1, 0.15) is 18.1 Å². The molecule has 0 saturated heterocycles. The van der Waals surface area contributed by atoms with Crippen molar-refractivity contribution in [1.82, 2.24) is 0 Å². The summed E-state index contributed by atoms with van der Waals surface area (Å²) < 4.78 is 5.42. The van der Waals surface area contributed by atoms with Crippen LogP contribution in [0, 0.1) is 0 Å². The van der Waals surface area contributed by atoms with E-state index < -0.39 is 0 Å². The van der Waals surface area contributed by atoms with Gasteiger partial charge in [0.2, 0.25) is 5.91 Å². The lowest BCUT2D eigenvalue weighted by atomic mass is 10.0. The summed E-state index contributed by atoms with van der Waals surface area (Å²) in [4.78, 5) is 18.9. The molecule has 0 aliphatic carbocycles. The Kier molecular flexibility index (Phi) is 5.28. The van der Waals surface area contributed by atoms with Crippen LogP contribution in [0.15, 0.2) is 53.5 Å². The number of carbonyl (C=O) groups is 1. The van der Waals surface area contributed by atoms with Crippen molar-refractivity contribution >= 4 is 28.9 Å². The highest BCUT2D eigenvalue weighted by Gasteiger charge is 2.25. The van der Waals surface area contributed by atoms with Gasteiger partial charge >= 0.3 is 0 Å². The summed E-state index contributed by atoms with van der Waals surface area (Å²) in [5, 5.41) is 0.622. The van der Waals surface area contributed by atoms with Crippen LogP contribution in [0.2, 0.25) is 5.02 Å². The van der Waals surface area contributed by atoms with Crippen LogP contribution in [-0.4, -0.2) is 37.9 Å². The van der Waals surface area contributed by atoms with Gasteiger partial charge in [-0.05, 0) is 25.1 Å². The van der Waals surface area contributed by atoms with E-state index in [1.54, 1.807) is 11.0 Å². The zero-order chi connectivity index (χ0) is 16.9. The summed E-state index contributed by atoms with van der Waals surface area (Å²) >= 11 is 6.21. The molecule has 0 spiro atoms. The SMILES string of the molecule is CCOCCN1C(=O)CN=C(c2ccccc2)c2cc(Cl)ccc21. The average molecular weight is 343 g/mol. The molecular formula is C19H19ClN2O2. The molecule has 0 N–H and O–H groups in total. The number of nitrogens with zero attached hydrogens (tertiary/aromatic N) is 2. The van der Waals surface area contributed by atoms with Crippen molar-refractivity contribution < 1.29 is 9.53 Å². The number of amides is 1. The second-order valence-corrected chi connectivity index (χ2v) is 5.87. The summed E-state index contributed by atoms with van der Waals surface area (Å²) in [6.45, 7) is 3.67. The molecular weight excluding hydrogens is 324 g/mol. The second kappa shape index (κ2) is 7.60. The van der Waals surface area contributed by atoms with Crippen molar-refractivity contribution in [3.05, 3.63) is 64.7 Å². The first-order valence-corrected chi connectivity index (χ1v) is 8.36. The number of benzene rings is 2. The minimum absolute atomic E-state index is 0.0378. The van der Waals surface area contributed by atoms with E-state index >= 15 is 0 Å². The fourth-order valence-electron chi connectivity index (χ4n) is 2.77. The Bertz CT molecular complexity index is 759. The molecule has 2 aromatic carbocycles. The lowest BCUT2D eigenvalue weighted by Gasteiger charge is -2.23. The highest BCUT2D eigenvalue weighted by atomic mass is 35.5. The Balaban J connectivity index is 2.05. The topological polar surface area (TPSA) is 41.9 Å². The number of fused-ring (bicyclic) bond motifs is 1. The highest BCUT2D eigenvalue weighted by molar-refractivity contribution is 6.32. The standard InChI is InChI=1S/C19H19ClN2O2/c1-2-24-11-10-22-17-9-8-15(20)12-16(17)19(21-13-18(22)23)14-6-4-3-5-7-14/h3-9,12H,2,10-11,13H2,1H3. The molecule has 1 aliphatic rings. The van der Waals surface area contributed by atoms with Crippen molar-refractivity contribution in [1.29, 1.82) is 0 Å². The van der Waals surface area contributed by atoms with Gasteiger partial charge in [0, 0.05) is 29.3 Å². The Labute approximate surface area is 146 Å². The quantitative estimate of drug-likeness (QED) is 0.780. The molecule has 1 heterocycles. The fraction of sp³-hybridized carbons (Fsp3) is 0.263. The third-order valence-electron chi connectivity index (χ3n) is 3.89. The van der Waals surface area contributed by atoms with Gasteiger partial charge in [-0.2, -0.15) is 0 Å². The van der Waals surface area contributed by atoms with Gasteiger partial charge in [-0.25, -0.2) is 0 Å². The lowest BCUT2D eigenvalue weighted by molar-refractivity contribution is -0.117. The molecule has 0 unspecified atom stereocenters. The highest BCUT2D eigenvalue weighted by Crippen LogP contribution is 2.29. The molecule has 0 aromatic heterocycles. The Morgan fingerprint density at radius 2 is 2.00 bits per heavy atom. The summed E-state index contributed by atoms with van der Waals surface area (Å²) in [7, 11) is 0. The normalized spacial score (nSPS) is 14.2. The average Bonchev–Trinajstić information content (AvgIpc) is 2.73. The smallest absolute Gasteiger partial charge is 0.248 e. The Hall–Kier alpha value is -2.17. The molecule has 0 fully saturated rings. The fourth-order valence-corrected chi connectivity index (χ4v) is 2.95. The van der Waals surface area contributed by atoms with Crippen LogP contribution in [0.5, 0.6) is 0 Å². The van der Waals surface area contributed by atoms with Gasteiger partial charge in [-0.1, -0.05) is 41.9 Å². The van der Waals surface area contributed by atoms with E-state index in [9.17, 15) is 4.79 Å². The number of hydrogen-bond acceptors (Lipinski definition) is 3. The van der Waals surface area contributed by atoms with Crippen LogP contribution in [-0.2, 0) is 9.53 Å². The molecule has 0 bridgehead atoms. The first-order valence-electron chi connectivity index (χ1n) is 7.98. The van der Waals surface area contributed by atoms with Crippen molar-refractivity contribution in [2.75, 3.05) is 31.2 Å². The Morgan fingerprint density at radius 1 is 1.21 bits per heavy atom. The number of aliphatic imine (C=N–C) groups is 1. The maximum Gasteiger partial charge on any atom is 0.248 e. The molecule has 2 aromatic rings. The van der Waals surface area contributed by atoms with Crippen LogP contribution in [0.3, 0.4) is 0 Å². The van der Waals surface area contributed by atoms with Gasteiger partial charge < -0.3 is 9.64 Å². The molecule has 3 rings (SSSR count). The van der Waals surface area contributed by atoms with Gasteiger partial charge in [0.25, 0.3) is 0 Å². The number of halogens is 1. The van der Waals surface area contributed by atoms with E-state index in [1.165, 1.54) is 0 Å². The van der Waals surface area contributed by atoms with E-state index in [1.807, 2.05) is 49.4 Å². The van der Waals surface area contributed by atoms with E-state index in [-0.39, 0.29) is 12.5 Å². The molecule has 0 atom stereocenters. The zero-order valence-corrected chi connectivity index (χ0v) is 14.3. The van der Waals surface area contributed by atoms with Crippen LogP contribution >= 0.6 is 11.6 Å². The molecule has 0 saturated carbocycles. The molecule has 0 radical (unpaired) electrons. The summed E-state index contributed by atoms with van der Waals surface area (Å²) in [5.41, 5.74) is 3.46. The van der Waals surface area contributed by atoms with Crippen LogP contribution in [0.4, 0.5) is 5.69 Å². The molecule has 24 heavy (non-hydrogen) atoms.